The molecule has 2 N–H and O–H groups in total. The summed E-state index contributed by atoms with van der Waals surface area (Å²) in [7, 11) is 3.02. The van der Waals surface area contributed by atoms with E-state index in [0.29, 0.717) is 11.5 Å². The zero-order valence-corrected chi connectivity index (χ0v) is 14.3. The number of anilines is 1. The first-order chi connectivity index (χ1) is 12.3. The molecule has 8 heteroatoms. The van der Waals surface area contributed by atoms with Crippen molar-refractivity contribution < 1.29 is 27.4 Å². The zero-order chi connectivity index (χ0) is 19.2. The average Bonchev–Trinajstić information content (AvgIpc) is 2.63. The van der Waals surface area contributed by atoms with Crippen LogP contribution >= 0.6 is 0 Å². The second-order valence-corrected chi connectivity index (χ2v) is 5.36. The molecule has 0 aromatic heterocycles. The summed E-state index contributed by atoms with van der Waals surface area (Å²) in [6, 6.07) is 10.2. The number of carbonyl (C=O) groups excluding carboxylic acids is 1. The third-order valence-electron chi connectivity index (χ3n) is 3.61. The number of rotatable bonds is 7. The highest BCUT2D eigenvalue weighted by atomic mass is 19.4. The monoisotopic (exact) mass is 368 g/mol. The summed E-state index contributed by atoms with van der Waals surface area (Å²) in [4.78, 5) is 11.9. The molecule has 2 aromatic rings. The number of methoxy groups -OCH3 is 2. The predicted molar refractivity (Wildman–Crippen MR) is 91.3 cm³/mol. The van der Waals surface area contributed by atoms with Gasteiger partial charge in [-0.05, 0) is 29.8 Å². The van der Waals surface area contributed by atoms with E-state index in [1.807, 2.05) is 0 Å². The molecule has 0 radical (unpaired) electrons. The number of halogens is 3. The van der Waals surface area contributed by atoms with Crippen molar-refractivity contribution in [2.24, 2.45) is 0 Å². The number of para-hydroxylation sites is 1. The Morgan fingerprint density at radius 3 is 2.38 bits per heavy atom. The maximum atomic E-state index is 12.9. The molecule has 26 heavy (non-hydrogen) atoms. The topological polar surface area (TPSA) is 59.6 Å². The fraction of sp³-hybridized carbons (Fsp3) is 0.278. The number of hydrogen-bond donors (Lipinski definition) is 2. The molecule has 5 nitrogen and oxygen atoms in total. The lowest BCUT2D eigenvalue weighted by Crippen LogP contribution is -2.29. The van der Waals surface area contributed by atoms with E-state index < -0.39 is 17.6 Å². The van der Waals surface area contributed by atoms with Crippen LogP contribution in [0.15, 0.2) is 42.5 Å². The number of ether oxygens (including phenoxy) is 2. The van der Waals surface area contributed by atoms with Gasteiger partial charge in [-0.25, -0.2) is 0 Å². The van der Waals surface area contributed by atoms with Crippen molar-refractivity contribution in [2.75, 3.05) is 26.1 Å². The van der Waals surface area contributed by atoms with Gasteiger partial charge in [0.2, 0.25) is 5.91 Å². The molecule has 0 aliphatic heterocycles. The van der Waals surface area contributed by atoms with Gasteiger partial charge in [-0.1, -0.05) is 18.2 Å². The number of nitrogens with one attached hydrogen (secondary N) is 2. The number of amides is 1. The third-order valence-corrected chi connectivity index (χ3v) is 3.61. The van der Waals surface area contributed by atoms with E-state index in [0.717, 1.165) is 11.6 Å². The Bertz CT molecular complexity index is 764. The van der Waals surface area contributed by atoms with Crippen LogP contribution in [0, 0.1) is 0 Å². The minimum atomic E-state index is -4.49. The van der Waals surface area contributed by atoms with Crippen LogP contribution in [0.3, 0.4) is 0 Å². The fourth-order valence-corrected chi connectivity index (χ4v) is 2.31. The summed E-state index contributed by atoms with van der Waals surface area (Å²) < 4.78 is 49.0. The van der Waals surface area contributed by atoms with Gasteiger partial charge in [0.15, 0.2) is 11.5 Å². The Balaban J connectivity index is 1.93. The quantitative estimate of drug-likeness (QED) is 0.786. The lowest BCUT2D eigenvalue weighted by Gasteiger charge is -2.14. The van der Waals surface area contributed by atoms with Crippen molar-refractivity contribution >= 4 is 11.6 Å². The minimum Gasteiger partial charge on any atom is -0.493 e. The average molecular weight is 368 g/mol. The maximum absolute atomic E-state index is 12.9. The molecule has 0 bridgehead atoms. The molecule has 1 amide bonds. The summed E-state index contributed by atoms with van der Waals surface area (Å²) in [6.07, 6.45) is -4.49. The van der Waals surface area contributed by atoms with E-state index in [9.17, 15) is 18.0 Å². The predicted octanol–water partition coefficient (Wildman–Crippen LogP) is 3.45. The summed E-state index contributed by atoms with van der Waals surface area (Å²) in [5.41, 5.74) is -0.180. The summed E-state index contributed by atoms with van der Waals surface area (Å²) >= 11 is 0. The van der Waals surface area contributed by atoms with Crippen molar-refractivity contribution in [1.29, 1.82) is 0 Å². The second-order valence-electron chi connectivity index (χ2n) is 5.36. The van der Waals surface area contributed by atoms with E-state index in [1.54, 1.807) is 18.2 Å². The summed E-state index contributed by atoms with van der Waals surface area (Å²) in [5.74, 6) is 0.654. The van der Waals surface area contributed by atoms with Gasteiger partial charge in [0.1, 0.15) is 0 Å². The molecule has 0 aliphatic carbocycles. The van der Waals surface area contributed by atoms with Crippen LogP contribution in [-0.2, 0) is 17.5 Å². The molecule has 0 aliphatic rings. The van der Waals surface area contributed by atoms with Crippen LogP contribution in [0.2, 0.25) is 0 Å². The molecule has 0 heterocycles. The van der Waals surface area contributed by atoms with Crippen LogP contribution in [0.1, 0.15) is 11.1 Å². The highest BCUT2D eigenvalue weighted by Crippen LogP contribution is 2.34. The largest absolute Gasteiger partial charge is 0.493 e. The van der Waals surface area contributed by atoms with Crippen LogP contribution in [0.4, 0.5) is 18.9 Å². The summed E-state index contributed by atoms with van der Waals surface area (Å²) in [6.45, 7) is -0.0673. The Morgan fingerprint density at radius 2 is 1.73 bits per heavy atom. The van der Waals surface area contributed by atoms with Crippen molar-refractivity contribution in [3.05, 3.63) is 53.6 Å². The van der Waals surface area contributed by atoms with Crippen LogP contribution in [-0.4, -0.2) is 26.7 Å². The molecule has 0 atom stereocenters. The molecule has 0 unspecified atom stereocenters. The van der Waals surface area contributed by atoms with Gasteiger partial charge in [-0.2, -0.15) is 13.2 Å². The first-order valence-electron chi connectivity index (χ1n) is 7.73. The van der Waals surface area contributed by atoms with Crippen molar-refractivity contribution in [1.82, 2.24) is 5.32 Å². The molecular weight excluding hydrogens is 349 g/mol. The van der Waals surface area contributed by atoms with Crippen molar-refractivity contribution in [2.45, 2.75) is 12.7 Å². The lowest BCUT2D eigenvalue weighted by molar-refractivity contribution is -0.137. The lowest BCUT2D eigenvalue weighted by atomic mass is 10.1. The molecule has 0 saturated heterocycles. The van der Waals surface area contributed by atoms with Crippen LogP contribution < -0.4 is 20.1 Å². The van der Waals surface area contributed by atoms with E-state index >= 15 is 0 Å². The van der Waals surface area contributed by atoms with Gasteiger partial charge in [0.25, 0.3) is 0 Å². The molecule has 0 fully saturated rings. The Hall–Kier alpha value is -2.90. The molecule has 2 aromatic carbocycles. The van der Waals surface area contributed by atoms with Gasteiger partial charge in [-0.3, -0.25) is 4.79 Å². The smallest absolute Gasteiger partial charge is 0.418 e. The number of hydrogen-bond acceptors (Lipinski definition) is 4. The molecule has 0 spiro atoms. The van der Waals surface area contributed by atoms with Crippen molar-refractivity contribution in [3.8, 4) is 11.5 Å². The van der Waals surface area contributed by atoms with E-state index in [-0.39, 0.29) is 18.8 Å². The molecular formula is C18H19F3N2O3. The zero-order valence-electron chi connectivity index (χ0n) is 14.3. The SMILES string of the molecule is COc1ccc(CNC(=O)CNc2ccccc2C(F)(F)F)cc1OC. The number of alkyl halides is 3. The highest BCUT2D eigenvalue weighted by Gasteiger charge is 2.33. The minimum absolute atomic E-state index is 0.138. The van der Waals surface area contributed by atoms with E-state index in [4.69, 9.17) is 9.47 Å². The molecule has 2 rings (SSSR count). The van der Waals surface area contributed by atoms with Crippen LogP contribution in [0.25, 0.3) is 0 Å². The van der Waals surface area contributed by atoms with Gasteiger partial charge in [0.05, 0.1) is 26.3 Å². The number of benzene rings is 2. The Morgan fingerprint density at radius 1 is 1.04 bits per heavy atom. The maximum Gasteiger partial charge on any atom is 0.418 e. The van der Waals surface area contributed by atoms with E-state index in [2.05, 4.69) is 10.6 Å². The van der Waals surface area contributed by atoms with E-state index in [1.165, 1.54) is 32.4 Å². The second kappa shape index (κ2) is 8.46. The van der Waals surface area contributed by atoms with Gasteiger partial charge >= 0.3 is 6.18 Å². The van der Waals surface area contributed by atoms with Gasteiger partial charge < -0.3 is 20.1 Å². The van der Waals surface area contributed by atoms with Gasteiger partial charge in [-0.15, -0.1) is 0 Å². The van der Waals surface area contributed by atoms with Crippen molar-refractivity contribution in [3.63, 3.8) is 0 Å². The normalized spacial score (nSPS) is 11.0. The highest BCUT2D eigenvalue weighted by molar-refractivity contribution is 5.81. The molecule has 140 valence electrons. The fourth-order valence-electron chi connectivity index (χ4n) is 2.31. The first kappa shape index (κ1) is 19.4. The Kier molecular flexibility index (Phi) is 6.32. The third kappa shape index (κ3) is 5.05. The van der Waals surface area contributed by atoms with Crippen LogP contribution in [0.5, 0.6) is 11.5 Å². The van der Waals surface area contributed by atoms with Gasteiger partial charge in [0, 0.05) is 12.2 Å². The molecule has 0 saturated carbocycles. The number of carbonyl (C=O) groups is 1. The first-order valence-corrected chi connectivity index (χ1v) is 7.73. The summed E-state index contributed by atoms with van der Waals surface area (Å²) in [5, 5.41) is 5.16. The Labute approximate surface area is 149 Å². The standard InChI is InChI=1S/C18H19F3N2O3/c1-25-15-8-7-12(9-16(15)26-2)10-23-17(24)11-22-14-6-4-3-5-13(14)18(19,20)21/h3-9,22H,10-11H2,1-2H3,(H,23,24).